The molecule has 0 spiro atoms. The summed E-state index contributed by atoms with van der Waals surface area (Å²) in [5.74, 6) is -1.44. The largest absolute Gasteiger partial charge is 0.481 e. The third kappa shape index (κ3) is 4.48. The van der Waals surface area contributed by atoms with Crippen LogP contribution in [0.5, 0.6) is 0 Å². The maximum atomic E-state index is 13.1. The highest BCUT2D eigenvalue weighted by atomic mass is 79.9. The summed E-state index contributed by atoms with van der Waals surface area (Å²) in [5, 5.41) is 11.3. The second kappa shape index (κ2) is 7.23. The SMILES string of the molecule is CCN(C(=O)Nc1cc(F)ccc1Br)C(C)CC(=O)O. The van der Waals surface area contributed by atoms with Crippen LogP contribution < -0.4 is 5.32 Å². The van der Waals surface area contributed by atoms with E-state index in [9.17, 15) is 14.0 Å². The molecule has 2 amide bonds. The minimum absolute atomic E-state index is 0.147. The van der Waals surface area contributed by atoms with Crippen LogP contribution in [0, 0.1) is 5.82 Å². The Balaban J connectivity index is 2.82. The van der Waals surface area contributed by atoms with Gasteiger partial charge in [0.25, 0.3) is 0 Å². The predicted octanol–water partition coefficient (Wildman–Crippen LogP) is 3.31. The minimum atomic E-state index is -0.976. The summed E-state index contributed by atoms with van der Waals surface area (Å²) in [4.78, 5) is 24.2. The van der Waals surface area contributed by atoms with Crippen molar-refractivity contribution in [2.75, 3.05) is 11.9 Å². The third-order valence-corrected chi connectivity index (χ3v) is 3.47. The molecule has 0 aliphatic carbocycles. The number of anilines is 1. The molecule has 1 atom stereocenters. The van der Waals surface area contributed by atoms with E-state index in [4.69, 9.17) is 5.11 Å². The molecule has 7 heteroatoms. The van der Waals surface area contributed by atoms with Crippen molar-refractivity contribution in [1.82, 2.24) is 4.90 Å². The lowest BCUT2D eigenvalue weighted by Gasteiger charge is -2.27. The summed E-state index contributed by atoms with van der Waals surface area (Å²) in [6, 6.07) is 3.03. The van der Waals surface area contributed by atoms with Gasteiger partial charge in [0.15, 0.2) is 0 Å². The van der Waals surface area contributed by atoms with E-state index in [2.05, 4.69) is 21.2 Å². The van der Waals surface area contributed by atoms with Gasteiger partial charge in [-0.15, -0.1) is 0 Å². The average molecular weight is 347 g/mol. The number of urea groups is 1. The Morgan fingerprint density at radius 3 is 2.70 bits per heavy atom. The molecule has 1 aromatic rings. The summed E-state index contributed by atoms with van der Waals surface area (Å²) in [7, 11) is 0. The lowest BCUT2D eigenvalue weighted by atomic mass is 10.2. The van der Waals surface area contributed by atoms with Crippen molar-refractivity contribution < 1.29 is 19.1 Å². The van der Waals surface area contributed by atoms with Crippen LogP contribution in [0.15, 0.2) is 22.7 Å². The van der Waals surface area contributed by atoms with Gasteiger partial charge in [-0.25, -0.2) is 9.18 Å². The molecule has 0 bridgehead atoms. The van der Waals surface area contributed by atoms with E-state index in [1.54, 1.807) is 13.8 Å². The molecule has 110 valence electrons. The molecular formula is C13H16BrFN2O3. The highest BCUT2D eigenvalue weighted by Gasteiger charge is 2.21. The van der Waals surface area contributed by atoms with E-state index in [1.807, 2.05) is 0 Å². The van der Waals surface area contributed by atoms with Gasteiger partial charge in [-0.1, -0.05) is 0 Å². The molecule has 0 saturated carbocycles. The number of carboxylic acids is 1. The number of nitrogens with one attached hydrogen (secondary N) is 1. The first-order valence-corrected chi connectivity index (χ1v) is 6.89. The molecule has 1 unspecified atom stereocenters. The summed E-state index contributed by atoms with van der Waals surface area (Å²) in [6.07, 6.45) is -0.147. The van der Waals surface area contributed by atoms with E-state index in [1.165, 1.54) is 23.1 Å². The summed E-state index contributed by atoms with van der Waals surface area (Å²) < 4.78 is 13.7. The lowest BCUT2D eigenvalue weighted by molar-refractivity contribution is -0.137. The number of halogens is 2. The molecule has 20 heavy (non-hydrogen) atoms. The predicted molar refractivity (Wildman–Crippen MR) is 77.2 cm³/mol. The maximum Gasteiger partial charge on any atom is 0.322 e. The number of carbonyl (C=O) groups excluding carboxylic acids is 1. The van der Waals surface area contributed by atoms with Gasteiger partial charge >= 0.3 is 12.0 Å². The second-order valence-corrected chi connectivity index (χ2v) is 5.14. The van der Waals surface area contributed by atoms with Crippen molar-refractivity contribution >= 4 is 33.6 Å². The fraction of sp³-hybridized carbons (Fsp3) is 0.385. The molecule has 1 rings (SSSR count). The molecule has 0 aromatic heterocycles. The number of amides is 2. The topological polar surface area (TPSA) is 69.6 Å². The van der Waals surface area contributed by atoms with Crippen LogP contribution in [0.3, 0.4) is 0 Å². The van der Waals surface area contributed by atoms with Crippen molar-refractivity contribution in [1.29, 1.82) is 0 Å². The smallest absolute Gasteiger partial charge is 0.322 e. The van der Waals surface area contributed by atoms with Crippen LogP contribution in [-0.4, -0.2) is 34.6 Å². The van der Waals surface area contributed by atoms with E-state index in [-0.39, 0.29) is 6.42 Å². The number of carbonyl (C=O) groups is 2. The first kappa shape index (κ1) is 16.4. The van der Waals surface area contributed by atoms with Gasteiger partial charge in [-0.05, 0) is 48.0 Å². The highest BCUT2D eigenvalue weighted by molar-refractivity contribution is 9.10. The molecule has 0 fully saturated rings. The van der Waals surface area contributed by atoms with Crippen molar-refractivity contribution in [3.8, 4) is 0 Å². The van der Waals surface area contributed by atoms with Crippen molar-refractivity contribution in [3.05, 3.63) is 28.5 Å². The first-order valence-electron chi connectivity index (χ1n) is 6.09. The van der Waals surface area contributed by atoms with E-state index in [0.29, 0.717) is 16.7 Å². The number of hydrogen-bond donors (Lipinski definition) is 2. The van der Waals surface area contributed by atoms with Gasteiger partial charge in [-0.2, -0.15) is 0 Å². The van der Waals surface area contributed by atoms with E-state index < -0.39 is 23.9 Å². The monoisotopic (exact) mass is 346 g/mol. The van der Waals surface area contributed by atoms with Gasteiger partial charge in [0.2, 0.25) is 0 Å². The van der Waals surface area contributed by atoms with Crippen LogP contribution in [-0.2, 0) is 4.79 Å². The Kier molecular flexibility index (Phi) is 5.94. The van der Waals surface area contributed by atoms with E-state index >= 15 is 0 Å². The van der Waals surface area contributed by atoms with Gasteiger partial charge in [-0.3, -0.25) is 4.79 Å². The molecule has 5 nitrogen and oxygen atoms in total. The zero-order valence-corrected chi connectivity index (χ0v) is 12.8. The van der Waals surface area contributed by atoms with Crippen LogP contribution in [0.2, 0.25) is 0 Å². The zero-order valence-electron chi connectivity index (χ0n) is 11.2. The Labute approximate surface area is 124 Å². The number of carboxylic acid groups (broad SMARTS) is 1. The quantitative estimate of drug-likeness (QED) is 0.859. The number of nitrogens with zero attached hydrogens (tertiary/aromatic N) is 1. The van der Waals surface area contributed by atoms with Crippen LogP contribution in [0.1, 0.15) is 20.3 Å². The van der Waals surface area contributed by atoms with E-state index in [0.717, 1.165) is 0 Å². The zero-order chi connectivity index (χ0) is 15.3. The Morgan fingerprint density at radius 1 is 1.50 bits per heavy atom. The fourth-order valence-corrected chi connectivity index (χ4v) is 2.14. The van der Waals surface area contributed by atoms with Gasteiger partial charge in [0.05, 0.1) is 12.1 Å². The Morgan fingerprint density at radius 2 is 2.15 bits per heavy atom. The number of rotatable bonds is 5. The Bertz CT molecular complexity index is 510. The minimum Gasteiger partial charge on any atom is -0.481 e. The van der Waals surface area contributed by atoms with Crippen molar-refractivity contribution in [2.24, 2.45) is 0 Å². The first-order chi connectivity index (χ1) is 9.35. The van der Waals surface area contributed by atoms with Gasteiger partial charge in [0.1, 0.15) is 5.82 Å². The Hall–Kier alpha value is -1.63. The number of benzene rings is 1. The molecule has 1 aromatic carbocycles. The summed E-state index contributed by atoms with van der Waals surface area (Å²) in [6.45, 7) is 3.75. The van der Waals surface area contributed by atoms with Crippen LogP contribution in [0.4, 0.5) is 14.9 Å². The van der Waals surface area contributed by atoms with Crippen LogP contribution >= 0.6 is 15.9 Å². The summed E-state index contributed by atoms with van der Waals surface area (Å²) in [5.41, 5.74) is 0.302. The van der Waals surface area contributed by atoms with Gasteiger partial charge in [0, 0.05) is 17.1 Å². The lowest BCUT2D eigenvalue weighted by Crippen LogP contribution is -2.42. The van der Waals surface area contributed by atoms with Crippen molar-refractivity contribution in [2.45, 2.75) is 26.3 Å². The number of aliphatic carboxylic acids is 1. The standard InChI is InChI=1S/C13H16BrFN2O3/c1-3-17(8(2)6-12(18)19)13(20)16-11-7-9(15)4-5-10(11)14/h4-5,7-8H,3,6H2,1-2H3,(H,16,20)(H,18,19). The highest BCUT2D eigenvalue weighted by Crippen LogP contribution is 2.23. The number of hydrogen-bond acceptors (Lipinski definition) is 2. The van der Waals surface area contributed by atoms with Crippen molar-refractivity contribution in [3.63, 3.8) is 0 Å². The molecule has 0 heterocycles. The molecule has 0 aliphatic heterocycles. The van der Waals surface area contributed by atoms with Crippen LogP contribution in [0.25, 0.3) is 0 Å². The molecule has 2 N–H and O–H groups in total. The normalized spacial score (nSPS) is 11.8. The van der Waals surface area contributed by atoms with Gasteiger partial charge < -0.3 is 15.3 Å². The molecule has 0 saturated heterocycles. The third-order valence-electron chi connectivity index (χ3n) is 2.77. The maximum absolute atomic E-state index is 13.1. The average Bonchev–Trinajstić information content (AvgIpc) is 2.33. The molecular weight excluding hydrogens is 331 g/mol. The molecule has 0 aliphatic rings. The summed E-state index contributed by atoms with van der Waals surface area (Å²) >= 11 is 3.21. The molecule has 0 radical (unpaired) electrons. The second-order valence-electron chi connectivity index (χ2n) is 4.29. The fourth-order valence-electron chi connectivity index (χ4n) is 1.80.